The van der Waals surface area contributed by atoms with E-state index < -0.39 is 10.1 Å². The highest BCUT2D eigenvalue weighted by molar-refractivity contribution is 8.03. The monoisotopic (exact) mass is 720 g/mol. The van der Waals surface area contributed by atoms with Crippen molar-refractivity contribution in [2.24, 2.45) is 0 Å². The number of aromatic nitrogens is 1. The number of rotatable bonds is 8. The zero-order chi connectivity index (χ0) is 35.3. The first-order valence-electron chi connectivity index (χ1n) is 16.7. The van der Waals surface area contributed by atoms with Gasteiger partial charge in [0.2, 0.25) is 0 Å². The Morgan fingerprint density at radius 3 is 2.26 bits per heavy atom. The Labute approximate surface area is 303 Å². The Bertz CT molecular complexity index is 2160. The zero-order valence-electron chi connectivity index (χ0n) is 28.6. The molecule has 256 valence electrons. The van der Waals surface area contributed by atoms with E-state index in [1.165, 1.54) is 59.9 Å². The predicted molar refractivity (Wildman–Crippen MR) is 205 cm³/mol. The summed E-state index contributed by atoms with van der Waals surface area (Å²) in [5, 5.41) is 2.51. The Morgan fingerprint density at radius 1 is 0.920 bits per heavy atom. The van der Waals surface area contributed by atoms with Crippen molar-refractivity contribution in [1.29, 1.82) is 0 Å². The number of nitrogens with zero attached hydrogens (tertiary/aromatic N) is 2. The van der Waals surface area contributed by atoms with E-state index in [-0.39, 0.29) is 11.0 Å². The molecule has 0 saturated carbocycles. The molecule has 50 heavy (non-hydrogen) atoms. The fourth-order valence-corrected chi connectivity index (χ4v) is 8.65. The van der Waals surface area contributed by atoms with Crippen molar-refractivity contribution in [3.05, 3.63) is 147 Å². The molecule has 3 heterocycles. The SMILES string of the molecule is CCC(=Cc1sc2c([n+]1CC)OC(c1ccccc1)C=C2)C=C1Sc2ccc(-c3ccccc3)cc2N1CC.Cc1ccc(S(=O)(=O)[O-])cc1. The second kappa shape index (κ2) is 15.6. The summed E-state index contributed by atoms with van der Waals surface area (Å²) in [6.45, 7) is 10.3. The van der Waals surface area contributed by atoms with Crippen molar-refractivity contribution in [3.8, 4) is 17.0 Å². The van der Waals surface area contributed by atoms with E-state index >= 15 is 0 Å². The highest BCUT2D eigenvalue weighted by Gasteiger charge is 2.31. The zero-order valence-corrected chi connectivity index (χ0v) is 31.0. The molecule has 9 heteroatoms. The molecule has 5 aromatic rings. The summed E-state index contributed by atoms with van der Waals surface area (Å²) in [6.07, 6.45) is 10.0. The first-order chi connectivity index (χ1) is 24.2. The molecule has 0 radical (unpaired) electrons. The summed E-state index contributed by atoms with van der Waals surface area (Å²) >= 11 is 3.67. The van der Waals surface area contributed by atoms with Crippen molar-refractivity contribution in [1.82, 2.24) is 0 Å². The second-order valence-corrected chi connectivity index (χ2v) is 15.4. The molecule has 0 spiro atoms. The van der Waals surface area contributed by atoms with Gasteiger partial charge in [0.05, 0.1) is 15.6 Å². The van der Waals surface area contributed by atoms with Crippen LogP contribution in [0.15, 0.2) is 136 Å². The number of aryl methyl sites for hydroxylation is 1. The summed E-state index contributed by atoms with van der Waals surface area (Å²) in [6, 6.07) is 33.7. The maximum absolute atomic E-state index is 10.4. The molecule has 4 aromatic carbocycles. The molecule has 6 nitrogen and oxygen atoms in total. The molecular formula is C41H40N2O4S3. The minimum absolute atomic E-state index is 0.0528. The molecular weight excluding hydrogens is 681 g/mol. The molecule has 0 aliphatic carbocycles. The van der Waals surface area contributed by atoms with E-state index in [1.54, 1.807) is 23.5 Å². The summed E-state index contributed by atoms with van der Waals surface area (Å²) in [7, 11) is -4.27. The molecule has 0 bridgehead atoms. The quantitative estimate of drug-likeness (QED) is 0.117. The maximum atomic E-state index is 10.4. The van der Waals surface area contributed by atoms with Crippen molar-refractivity contribution in [2.45, 2.75) is 56.6 Å². The number of fused-ring (bicyclic) bond motifs is 2. The van der Waals surface area contributed by atoms with Gasteiger partial charge in [-0.2, -0.15) is 4.57 Å². The van der Waals surface area contributed by atoms with Gasteiger partial charge < -0.3 is 14.2 Å². The van der Waals surface area contributed by atoms with E-state index in [9.17, 15) is 13.0 Å². The van der Waals surface area contributed by atoms with Crippen LogP contribution in [0, 0.1) is 6.92 Å². The summed E-state index contributed by atoms with van der Waals surface area (Å²) in [4.78, 5) is 4.77. The number of hydrogen-bond acceptors (Lipinski definition) is 7. The predicted octanol–water partition coefficient (Wildman–Crippen LogP) is 10.0. The third-order valence-corrected chi connectivity index (χ3v) is 11.6. The van der Waals surface area contributed by atoms with Crippen LogP contribution in [-0.2, 0) is 16.7 Å². The van der Waals surface area contributed by atoms with Crippen LogP contribution in [-0.4, -0.2) is 19.5 Å². The molecule has 1 atom stereocenters. The van der Waals surface area contributed by atoms with Crippen LogP contribution in [0.5, 0.6) is 5.88 Å². The van der Waals surface area contributed by atoms with Gasteiger partial charge in [-0.15, -0.1) is 0 Å². The van der Waals surface area contributed by atoms with E-state index in [2.05, 4.69) is 127 Å². The van der Waals surface area contributed by atoms with E-state index in [0.29, 0.717) is 0 Å². The molecule has 0 amide bonds. The highest BCUT2D eigenvalue weighted by Crippen LogP contribution is 2.48. The summed E-state index contributed by atoms with van der Waals surface area (Å²) < 4.78 is 40.0. The van der Waals surface area contributed by atoms with Gasteiger partial charge in [-0.25, -0.2) is 8.42 Å². The number of benzene rings is 4. The Hall–Kier alpha value is -4.41. The van der Waals surface area contributed by atoms with Crippen molar-refractivity contribution < 1.29 is 22.3 Å². The Balaban J connectivity index is 0.000000336. The van der Waals surface area contributed by atoms with Crippen molar-refractivity contribution >= 4 is 51.1 Å². The topological polar surface area (TPSA) is 73.5 Å². The van der Waals surface area contributed by atoms with Crippen molar-refractivity contribution in [2.75, 3.05) is 11.4 Å². The lowest BCUT2D eigenvalue weighted by Crippen LogP contribution is -2.36. The van der Waals surface area contributed by atoms with Crippen LogP contribution in [0.25, 0.3) is 23.3 Å². The Kier molecular flexibility index (Phi) is 11.1. The highest BCUT2D eigenvalue weighted by atomic mass is 32.2. The van der Waals surface area contributed by atoms with Crippen LogP contribution >= 0.6 is 23.1 Å². The third-order valence-electron chi connectivity index (χ3n) is 8.53. The van der Waals surface area contributed by atoms with Gasteiger partial charge in [-0.3, -0.25) is 0 Å². The molecule has 1 unspecified atom stereocenters. The number of thioether (sulfide) groups is 1. The van der Waals surface area contributed by atoms with Crippen LogP contribution < -0.4 is 14.2 Å². The molecule has 7 rings (SSSR count). The first kappa shape index (κ1) is 35.4. The molecule has 0 N–H and O–H groups in total. The molecule has 1 aromatic heterocycles. The second-order valence-electron chi connectivity index (χ2n) is 11.9. The number of ether oxygens (including phenoxy) is 1. The lowest BCUT2D eigenvalue weighted by Gasteiger charge is -2.19. The van der Waals surface area contributed by atoms with Gasteiger partial charge in [0.1, 0.15) is 21.1 Å². The molecule has 0 fully saturated rings. The number of hydrogen-bond donors (Lipinski definition) is 0. The molecule has 2 aliphatic rings. The first-order valence-corrected chi connectivity index (χ1v) is 19.8. The van der Waals surface area contributed by atoms with Crippen LogP contribution in [0.4, 0.5) is 5.69 Å². The van der Waals surface area contributed by atoms with E-state index in [4.69, 9.17) is 4.74 Å². The van der Waals surface area contributed by atoms with Gasteiger partial charge in [0.25, 0.3) is 5.01 Å². The van der Waals surface area contributed by atoms with Gasteiger partial charge in [0, 0.05) is 17.5 Å². The van der Waals surface area contributed by atoms with Crippen LogP contribution in [0.3, 0.4) is 0 Å². The van der Waals surface area contributed by atoms with Crippen LogP contribution in [0.2, 0.25) is 0 Å². The average molecular weight is 721 g/mol. The number of thiazole rings is 1. The maximum Gasteiger partial charge on any atom is 0.387 e. The van der Waals surface area contributed by atoms with Gasteiger partial charge in [-0.1, -0.05) is 114 Å². The minimum Gasteiger partial charge on any atom is -0.744 e. The van der Waals surface area contributed by atoms with Gasteiger partial charge in [-0.05, 0) is 91.9 Å². The standard InChI is InChI=1S/C34H33N2OS2.C7H8O3S/c1-4-24(21-32-35(5-2)28-23-27(17-19-30(28)38-32)25-13-9-7-10-14-25)22-33-36(6-3)34-31(39-33)20-18-29(37-34)26-15-11-8-12-16-26;1-6-2-4-7(5-3-6)11(8,9)10/h7-23,29H,4-6H2,1-3H3;2-5H,1H3,(H,8,9,10)/q+1;/p-1. The van der Waals surface area contributed by atoms with Gasteiger partial charge >= 0.3 is 5.88 Å². The smallest absolute Gasteiger partial charge is 0.387 e. The molecule has 0 saturated heterocycles. The lowest BCUT2D eigenvalue weighted by atomic mass is 10.0. The number of allylic oxidation sites excluding steroid dienone is 2. The van der Waals surface area contributed by atoms with Gasteiger partial charge in [0.15, 0.2) is 6.54 Å². The fraction of sp³-hybridized carbons (Fsp3) is 0.195. The average Bonchev–Trinajstić information content (AvgIpc) is 3.67. The van der Waals surface area contributed by atoms with E-state index in [0.717, 1.165) is 31.0 Å². The fourth-order valence-electron chi connectivity index (χ4n) is 5.85. The van der Waals surface area contributed by atoms with Crippen molar-refractivity contribution in [3.63, 3.8) is 0 Å². The Morgan fingerprint density at radius 2 is 1.62 bits per heavy atom. The molecule has 2 aliphatic heterocycles. The van der Waals surface area contributed by atoms with Crippen LogP contribution in [0.1, 0.15) is 54.3 Å². The minimum atomic E-state index is -4.27. The normalized spacial score (nSPS) is 16.0. The largest absolute Gasteiger partial charge is 0.744 e. The summed E-state index contributed by atoms with van der Waals surface area (Å²) in [5.41, 5.74) is 7.23. The van der Waals surface area contributed by atoms with E-state index in [1.807, 2.05) is 24.8 Å². The summed E-state index contributed by atoms with van der Waals surface area (Å²) in [5.74, 6) is 0.972. The lowest BCUT2D eigenvalue weighted by molar-refractivity contribution is -0.696. The number of anilines is 1. The third kappa shape index (κ3) is 7.97.